The van der Waals surface area contributed by atoms with Crippen molar-refractivity contribution >= 4 is 40.3 Å². The third-order valence-corrected chi connectivity index (χ3v) is 3.15. The van der Waals surface area contributed by atoms with Gasteiger partial charge in [0.25, 0.3) is 0 Å². The van der Waals surface area contributed by atoms with Crippen LogP contribution in [0.1, 0.15) is 5.69 Å². The van der Waals surface area contributed by atoms with Crippen molar-refractivity contribution in [2.24, 2.45) is 5.10 Å². The van der Waals surface area contributed by atoms with Crippen LogP contribution >= 0.6 is 12.2 Å². The van der Waals surface area contributed by atoms with Crippen molar-refractivity contribution in [3.05, 3.63) is 66.2 Å². The van der Waals surface area contributed by atoms with Crippen LogP contribution < -0.4 is 10.7 Å². The van der Waals surface area contributed by atoms with Crippen molar-refractivity contribution in [3.63, 3.8) is 0 Å². The average Bonchev–Trinajstić information content (AvgIpc) is 2.57. The third kappa shape index (κ3) is 3.83. The minimum Gasteiger partial charge on any atom is -0.329 e. The standard InChI is InChI=1S/C16H12FN5S/c17-12-5-1-2-6-13(12)21-16(23)22-19-10-11-9-18-14-7-3-4-8-15(14)20-11/h1-10H,(H2,21,22,23)/b19-10-. The van der Waals surface area contributed by atoms with Crippen LogP contribution in [0.4, 0.5) is 10.1 Å². The van der Waals surface area contributed by atoms with Gasteiger partial charge in [0.15, 0.2) is 5.11 Å². The van der Waals surface area contributed by atoms with Crippen molar-refractivity contribution < 1.29 is 4.39 Å². The molecule has 7 heteroatoms. The second kappa shape index (κ2) is 6.89. The maximum Gasteiger partial charge on any atom is 0.191 e. The summed E-state index contributed by atoms with van der Waals surface area (Å²) in [6.07, 6.45) is 3.11. The lowest BCUT2D eigenvalue weighted by atomic mass is 10.3. The van der Waals surface area contributed by atoms with Crippen LogP contribution in [0.15, 0.2) is 59.8 Å². The van der Waals surface area contributed by atoms with Crippen LogP contribution in [0, 0.1) is 5.82 Å². The van der Waals surface area contributed by atoms with Gasteiger partial charge in [-0.05, 0) is 36.5 Å². The van der Waals surface area contributed by atoms with Crippen LogP contribution in [-0.4, -0.2) is 21.3 Å². The lowest BCUT2D eigenvalue weighted by Gasteiger charge is -2.07. The van der Waals surface area contributed by atoms with Crippen LogP contribution in [-0.2, 0) is 0 Å². The Labute approximate surface area is 137 Å². The molecule has 0 radical (unpaired) electrons. The number of fused-ring (bicyclic) bond motifs is 1. The van der Waals surface area contributed by atoms with E-state index in [1.807, 2.05) is 24.3 Å². The van der Waals surface area contributed by atoms with Gasteiger partial charge < -0.3 is 5.32 Å². The van der Waals surface area contributed by atoms with E-state index in [1.54, 1.807) is 24.4 Å². The molecule has 5 nitrogen and oxygen atoms in total. The van der Waals surface area contributed by atoms with E-state index in [0.29, 0.717) is 5.69 Å². The molecule has 0 spiro atoms. The molecule has 114 valence electrons. The fourth-order valence-corrected chi connectivity index (χ4v) is 2.07. The Morgan fingerprint density at radius 1 is 1.09 bits per heavy atom. The molecule has 0 aliphatic rings. The van der Waals surface area contributed by atoms with E-state index in [9.17, 15) is 4.39 Å². The van der Waals surface area contributed by atoms with Crippen molar-refractivity contribution in [1.82, 2.24) is 15.4 Å². The average molecular weight is 325 g/mol. The van der Waals surface area contributed by atoms with E-state index in [1.165, 1.54) is 12.3 Å². The minimum atomic E-state index is -0.388. The quantitative estimate of drug-likeness (QED) is 0.440. The molecule has 0 aliphatic heterocycles. The Hall–Kier alpha value is -2.93. The normalized spacial score (nSPS) is 10.8. The number of nitrogens with zero attached hydrogens (tertiary/aromatic N) is 3. The van der Waals surface area contributed by atoms with E-state index in [2.05, 4.69) is 25.8 Å². The number of hydrogen-bond acceptors (Lipinski definition) is 4. The predicted molar refractivity (Wildman–Crippen MR) is 92.9 cm³/mol. The molecule has 1 aromatic heterocycles. The largest absolute Gasteiger partial charge is 0.329 e. The monoisotopic (exact) mass is 325 g/mol. The molecule has 23 heavy (non-hydrogen) atoms. The number of nitrogens with one attached hydrogen (secondary N) is 2. The highest BCUT2D eigenvalue weighted by Crippen LogP contribution is 2.11. The highest BCUT2D eigenvalue weighted by Gasteiger charge is 2.02. The van der Waals surface area contributed by atoms with Crippen LogP contribution in [0.25, 0.3) is 11.0 Å². The number of rotatable bonds is 3. The summed E-state index contributed by atoms with van der Waals surface area (Å²) in [5, 5.41) is 6.87. The van der Waals surface area contributed by atoms with E-state index in [-0.39, 0.29) is 16.6 Å². The van der Waals surface area contributed by atoms with Crippen LogP contribution in [0.3, 0.4) is 0 Å². The van der Waals surface area contributed by atoms with Gasteiger partial charge in [-0.3, -0.25) is 10.4 Å². The van der Waals surface area contributed by atoms with Gasteiger partial charge in [0.2, 0.25) is 0 Å². The molecule has 3 rings (SSSR count). The SMILES string of the molecule is Fc1ccccc1NC(=S)N/N=C\c1cnc2ccccc2n1. The van der Waals surface area contributed by atoms with Gasteiger partial charge in [0.05, 0.1) is 29.1 Å². The smallest absolute Gasteiger partial charge is 0.191 e. The van der Waals surface area contributed by atoms with Crippen molar-refractivity contribution in [2.75, 3.05) is 5.32 Å². The van der Waals surface area contributed by atoms with E-state index < -0.39 is 0 Å². The van der Waals surface area contributed by atoms with Crippen LogP contribution in [0.5, 0.6) is 0 Å². The van der Waals surface area contributed by atoms with Gasteiger partial charge >= 0.3 is 0 Å². The van der Waals surface area contributed by atoms with Gasteiger partial charge in [0, 0.05) is 0 Å². The van der Waals surface area contributed by atoms with Crippen molar-refractivity contribution in [1.29, 1.82) is 0 Å². The number of anilines is 1. The summed E-state index contributed by atoms with van der Waals surface area (Å²) in [6, 6.07) is 13.8. The van der Waals surface area contributed by atoms with E-state index in [0.717, 1.165) is 11.0 Å². The Kier molecular flexibility index (Phi) is 4.49. The summed E-state index contributed by atoms with van der Waals surface area (Å²) in [6.45, 7) is 0. The fourth-order valence-electron chi connectivity index (χ4n) is 1.90. The molecule has 2 N–H and O–H groups in total. The number of halogens is 1. The highest BCUT2D eigenvalue weighted by molar-refractivity contribution is 7.80. The summed E-state index contributed by atoms with van der Waals surface area (Å²) in [5.41, 5.74) is 5.08. The lowest BCUT2D eigenvalue weighted by molar-refractivity contribution is 0.632. The van der Waals surface area contributed by atoms with Gasteiger partial charge in [-0.25, -0.2) is 9.37 Å². The molecule has 0 aliphatic carbocycles. The summed E-state index contributed by atoms with van der Waals surface area (Å²) in [7, 11) is 0. The second-order valence-electron chi connectivity index (χ2n) is 4.59. The first-order valence-corrected chi connectivity index (χ1v) is 7.19. The molecule has 1 heterocycles. The van der Waals surface area contributed by atoms with Crippen molar-refractivity contribution in [3.8, 4) is 0 Å². The lowest BCUT2D eigenvalue weighted by Crippen LogP contribution is -2.24. The Morgan fingerprint density at radius 3 is 2.65 bits per heavy atom. The summed E-state index contributed by atoms with van der Waals surface area (Å²) in [5.74, 6) is -0.388. The molecule has 0 fully saturated rings. The zero-order valence-corrected chi connectivity index (χ0v) is 12.7. The number of hydrogen-bond donors (Lipinski definition) is 2. The molecule has 2 aromatic carbocycles. The number of aromatic nitrogens is 2. The third-order valence-electron chi connectivity index (χ3n) is 2.95. The number of hydrazone groups is 1. The summed E-state index contributed by atoms with van der Waals surface area (Å²) in [4.78, 5) is 8.67. The Morgan fingerprint density at radius 2 is 1.83 bits per heavy atom. The first kappa shape index (κ1) is 15.0. The second-order valence-corrected chi connectivity index (χ2v) is 5.00. The maximum atomic E-state index is 13.5. The number of para-hydroxylation sites is 3. The topological polar surface area (TPSA) is 62.2 Å². The first-order valence-electron chi connectivity index (χ1n) is 6.79. The van der Waals surface area contributed by atoms with Gasteiger partial charge in [0.1, 0.15) is 11.5 Å². The van der Waals surface area contributed by atoms with Gasteiger partial charge in [-0.15, -0.1) is 0 Å². The molecule has 0 amide bonds. The van der Waals surface area contributed by atoms with Crippen molar-refractivity contribution in [2.45, 2.75) is 0 Å². The van der Waals surface area contributed by atoms with Gasteiger partial charge in [-0.1, -0.05) is 24.3 Å². The zero-order chi connectivity index (χ0) is 16.1. The summed E-state index contributed by atoms with van der Waals surface area (Å²) < 4.78 is 13.5. The first-order chi connectivity index (χ1) is 11.2. The number of benzene rings is 2. The molecule has 3 aromatic rings. The maximum absolute atomic E-state index is 13.5. The van der Waals surface area contributed by atoms with E-state index in [4.69, 9.17) is 12.2 Å². The molecule has 0 unspecified atom stereocenters. The molecular formula is C16H12FN5S. The Balaban J connectivity index is 1.63. The summed E-state index contributed by atoms with van der Waals surface area (Å²) >= 11 is 5.05. The molecular weight excluding hydrogens is 313 g/mol. The predicted octanol–water partition coefficient (Wildman–Crippen LogP) is 3.09. The molecule has 0 atom stereocenters. The number of thiocarbonyl (C=S) groups is 1. The highest BCUT2D eigenvalue weighted by atomic mass is 32.1. The Bertz CT molecular complexity index is 881. The molecule has 0 saturated carbocycles. The fraction of sp³-hybridized carbons (Fsp3) is 0. The molecule has 0 saturated heterocycles. The van der Waals surface area contributed by atoms with E-state index >= 15 is 0 Å². The molecule has 0 bridgehead atoms. The minimum absolute atomic E-state index is 0.181. The zero-order valence-electron chi connectivity index (χ0n) is 11.9. The van der Waals surface area contributed by atoms with Crippen LogP contribution in [0.2, 0.25) is 0 Å². The van der Waals surface area contributed by atoms with Gasteiger partial charge in [-0.2, -0.15) is 5.10 Å².